The van der Waals surface area contributed by atoms with Gasteiger partial charge in [0.05, 0.1) is 16.7 Å². The molecule has 0 bridgehead atoms. The van der Waals surface area contributed by atoms with Crippen molar-refractivity contribution < 1.29 is 14.8 Å². The SMILES string of the molecule is Cc1c(/C=N/NC(=O)c2ccc([N+](=O)[O-])cc2)c(O)n(C)c(=O)c1C#N. The van der Waals surface area contributed by atoms with Gasteiger partial charge in [0.1, 0.15) is 11.6 Å². The van der Waals surface area contributed by atoms with E-state index in [0.717, 1.165) is 10.8 Å². The van der Waals surface area contributed by atoms with Gasteiger partial charge in [-0.25, -0.2) is 5.43 Å². The van der Waals surface area contributed by atoms with Crippen LogP contribution in [0.25, 0.3) is 0 Å². The molecule has 0 aliphatic heterocycles. The van der Waals surface area contributed by atoms with Gasteiger partial charge in [0, 0.05) is 24.7 Å². The first-order chi connectivity index (χ1) is 12.3. The molecule has 0 saturated carbocycles. The summed E-state index contributed by atoms with van der Waals surface area (Å²) in [5, 5.41) is 33.4. The highest BCUT2D eigenvalue weighted by Gasteiger charge is 2.16. The first-order valence-corrected chi connectivity index (χ1v) is 7.18. The fourth-order valence-corrected chi connectivity index (χ4v) is 2.15. The molecule has 10 heteroatoms. The highest BCUT2D eigenvalue weighted by atomic mass is 16.6. The van der Waals surface area contributed by atoms with E-state index in [9.17, 15) is 24.8 Å². The largest absolute Gasteiger partial charge is 0.494 e. The lowest BCUT2D eigenvalue weighted by atomic mass is 10.1. The summed E-state index contributed by atoms with van der Waals surface area (Å²) in [6.45, 7) is 1.47. The number of carbonyl (C=O) groups is 1. The highest BCUT2D eigenvalue weighted by Crippen LogP contribution is 2.18. The van der Waals surface area contributed by atoms with Crippen LogP contribution in [-0.4, -0.2) is 26.7 Å². The zero-order chi connectivity index (χ0) is 19.4. The maximum atomic E-state index is 12.0. The predicted molar refractivity (Wildman–Crippen MR) is 91.0 cm³/mol. The first-order valence-electron chi connectivity index (χ1n) is 7.18. The molecule has 0 radical (unpaired) electrons. The van der Waals surface area contributed by atoms with Crippen LogP contribution in [0.4, 0.5) is 5.69 Å². The van der Waals surface area contributed by atoms with E-state index in [1.165, 1.54) is 38.2 Å². The zero-order valence-electron chi connectivity index (χ0n) is 13.8. The average molecular weight is 355 g/mol. The minimum atomic E-state index is -0.644. The number of non-ortho nitro benzene ring substituents is 1. The summed E-state index contributed by atoms with van der Waals surface area (Å²) in [4.78, 5) is 33.8. The molecule has 1 amide bonds. The Morgan fingerprint density at radius 1 is 1.42 bits per heavy atom. The van der Waals surface area contributed by atoms with Crippen molar-refractivity contribution in [3.63, 3.8) is 0 Å². The number of amides is 1. The zero-order valence-corrected chi connectivity index (χ0v) is 13.8. The Balaban J connectivity index is 2.25. The van der Waals surface area contributed by atoms with E-state index in [1.807, 2.05) is 0 Å². The van der Waals surface area contributed by atoms with Crippen LogP contribution in [0.2, 0.25) is 0 Å². The molecule has 0 unspecified atom stereocenters. The van der Waals surface area contributed by atoms with E-state index in [2.05, 4.69) is 10.5 Å². The molecule has 0 aliphatic rings. The Labute approximate surface area is 146 Å². The van der Waals surface area contributed by atoms with E-state index in [1.54, 1.807) is 6.07 Å². The van der Waals surface area contributed by atoms with Gasteiger partial charge in [0.25, 0.3) is 17.2 Å². The Kier molecular flexibility index (Phi) is 5.13. The minimum Gasteiger partial charge on any atom is -0.494 e. The molecule has 0 aliphatic carbocycles. The third-order valence-corrected chi connectivity index (χ3v) is 3.67. The summed E-state index contributed by atoms with van der Waals surface area (Å²) >= 11 is 0. The van der Waals surface area contributed by atoms with Crippen molar-refractivity contribution in [2.75, 3.05) is 0 Å². The van der Waals surface area contributed by atoms with E-state index in [0.29, 0.717) is 0 Å². The second-order valence-corrected chi connectivity index (χ2v) is 5.22. The Hall–Kier alpha value is -4.00. The number of hydrogen-bond acceptors (Lipinski definition) is 7. The molecule has 2 aromatic rings. The molecule has 1 aromatic heterocycles. The monoisotopic (exact) mass is 355 g/mol. The molecule has 2 N–H and O–H groups in total. The number of pyridine rings is 1. The summed E-state index contributed by atoms with van der Waals surface area (Å²) in [5.41, 5.74) is 1.73. The van der Waals surface area contributed by atoms with Gasteiger partial charge in [-0.2, -0.15) is 10.4 Å². The van der Waals surface area contributed by atoms with Crippen molar-refractivity contribution >= 4 is 17.8 Å². The lowest BCUT2D eigenvalue weighted by Crippen LogP contribution is -2.23. The molecule has 2 rings (SSSR count). The summed E-state index contributed by atoms with van der Waals surface area (Å²) in [6, 6.07) is 6.66. The van der Waals surface area contributed by atoms with Crippen molar-refractivity contribution in [3.05, 3.63) is 67.0 Å². The smallest absolute Gasteiger partial charge is 0.271 e. The number of nitrogens with one attached hydrogen (secondary N) is 1. The number of nitriles is 1. The van der Waals surface area contributed by atoms with E-state index < -0.39 is 22.3 Å². The van der Waals surface area contributed by atoms with Crippen LogP contribution in [0, 0.1) is 28.4 Å². The van der Waals surface area contributed by atoms with Crippen LogP contribution >= 0.6 is 0 Å². The number of nitro groups is 1. The van der Waals surface area contributed by atoms with Gasteiger partial charge < -0.3 is 5.11 Å². The minimum absolute atomic E-state index is 0.104. The molecule has 132 valence electrons. The lowest BCUT2D eigenvalue weighted by Gasteiger charge is -2.09. The van der Waals surface area contributed by atoms with Crippen molar-refractivity contribution in [3.8, 4) is 11.9 Å². The molecule has 0 saturated heterocycles. The van der Waals surface area contributed by atoms with Gasteiger partial charge in [0.15, 0.2) is 0 Å². The molecule has 1 aromatic carbocycles. The topological polar surface area (TPSA) is 151 Å². The van der Waals surface area contributed by atoms with Crippen LogP contribution in [0.3, 0.4) is 0 Å². The van der Waals surface area contributed by atoms with Gasteiger partial charge >= 0.3 is 0 Å². The summed E-state index contributed by atoms with van der Waals surface area (Å²) in [7, 11) is 1.30. The van der Waals surface area contributed by atoms with Crippen molar-refractivity contribution in [2.45, 2.75) is 6.92 Å². The second kappa shape index (κ2) is 7.27. The molecule has 0 spiro atoms. The Bertz CT molecular complexity index is 1020. The molecular formula is C16H13N5O5. The van der Waals surface area contributed by atoms with Gasteiger partial charge in [-0.1, -0.05) is 0 Å². The fourth-order valence-electron chi connectivity index (χ4n) is 2.15. The number of nitro benzene ring substituents is 1. The Morgan fingerprint density at radius 3 is 2.58 bits per heavy atom. The number of rotatable bonds is 4. The molecule has 1 heterocycles. The van der Waals surface area contributed by atoms with Crippen molar-refractivity contribution in [2.24, 2.45) is 12.1 Å². The molecule has 0 atom stereocenters. The van der Waals surface area contributed by atoms with Gasteiger partial charge in [0.2, 0.25) is 5.88 Å². The van der Waals surface area contributed by atoms with Gasteiger partial charge in [-0.05, 0) is 24.6 Å². The summed E-state index contributed by atoms with van der Waals surface area (Å²) in [6.07, 6.45) is 1.11. The number of carbonyl (C=O) groups excluding carboxylic acids is 1. The highest BCUT2D eigenvalue weighted by molar-refractivity contribution is 5.95. The standard InChI is InChI=1S/C16H13N5O5/c1-9-12(7-17)15(23)20(2)16(24)13(9)8-18-19-14(22)10-3-5-11(6-4-10)21(25)26/h3-6,8,24H,1-2H3,(H,19,22)/b18-8+. The number of nitrogens with zero attached hydrogens (tertiary/aromatic N) is 4. The van der Waals surface area contributed by atoms with Crippen molar-refractivity contribution in [1.29, 1.82) is 5.26 Å². The fraction of sp³-hybridized carbons (Fsp3) is 0.125. The van der Waals surface area contributed by atoms with Gasteiger partial charge in [-0.3, -0.25) is 24.3 Å². The van der Waals surface area contributed by atoms with Crippen LogP contribution in [0.1, 0.15) is 27.0 Å². The first kappa shape index (κ1) is 18.3. The van der Waals surface area contributed by atoms with Crippen LogP contribution < -0.4 is 11.0 Å². The number of aromatic nitrogens is 1. The molecule has 10 nitrogen and oxygen atoms in total. The maximum Gasteiger partial charge on any atom is 0.271 e. The average Bonchev–Trinajstić information content (AvgIpc) is 2.63. The Morgan fingerprint density at radius 2 is 2.04 bits per heavy atom. The number of hydrazone groups is 1. The number of hydrogen-bond donors (Lipinski definition) is 2. The van der Waals surface area contributed by atoms with Crippen molar-refractivity contribution in [1.82, 2.24) is 9.99 Å². The summed E-state index contributed by atoms with van der Waals surface area (Å²) in [5.74, 6) is -1.03. The predicted octanol–water partition coefficient (Wildman–Crippen LogP) is 0.943. The molecule has 26 heavy (non-hydrogen) atoms. The number of benzene rings is 1. The molecular weight excluding hydrogens is 342 g/mol. The van der Waals surface area contributed by atoms with Crippen LogP contribution in [0.5, 0.6) is 5.88 Å². The second-order valence-electron chi connectivity index (χ2n) is 5.22. The number of aromatic hydroxyl groups is 1. The maximum absolute atomic E-state index is 12.0. The normalized spacial score (nSPS) is 10.5. The van der Waals surface area contributed by atoms with E-state index in [-0.39, 0.29) is 27.9 Å². The van der Waals surface area contributed by atoms with E-state index in [4.69, 9.17) is 5.26 Å². The van der Waals surface area contributed by atoms with Crippen LogP contribution in [0.15, 0.2) is 34.2 Å². The quantitative estimate of drug-likeness (QED) is 0.473. The third-order valence-electron chi connectivity index (χ3n) is 3.67. The summed E-state index contributed by atoms with van der Waals surface area (Å²) < 4.78 is 0.894. The lowest BCUT2D eigenvalue weighted by molar-refractivity contribution is -0.384. The third kappa shape index (κ3) is 3.41. The molecule has 0 fully saturated rings. The van der Waals surface area contributed by atoms with Crippen LogP contribution in [-0.2, 0) is 7.05 Å². The van der Waals surface area contributed by atoms with Gasteiger partial charge in [-0.15, -0.1) is 0 Å². The van der Waals surface area contributed by atoms with E-state index >= 15 is 0 Å².